The van der Waals surface area contributed by atoms with Gasteiger partial charge in [-0.25, -0.2) is 19.4 Å². The fourth-order valence-corrected chi connectivity index (χ4v) is 7.58. The van der Waals surface area contributed by atoms with Crippen molar-refractivity contribution < 1.29 is 74.8 Å². The third-order valence-electron chi connectivity index (χ3n) is 9.25. The largest absolute Gasteiger partial charge is 0.489 e. The molecule has 5 rings (SSSR count). The molecule has 2 saturated heterocycles. The maximum absolute atomic E-state index is 13.9. The quantitative estimate of drug-likeness (QED) is 0.0365. The highest BCUT2D eigenvalue weighted by Gasteiger charge is 2.58. The van der Waals surface area contributed by atoms with E-state index in [0.29, 0.717) is 10.4 Å². The number of carbonyl (C=O) groups excluding carboxylic acids is 5. The Kier molecular flexibility index (Phi) is 14.0. The predicted octanol–water partition coefficient (Wildman–Crippen LogP) is 2.77. The second kappa shape index (κ2) is 18.1. The highest BCUT2D eigenvalue weighted by Crippen LogP contribution is 2.33. The van der Waals surface area contributed by atoms with Gasteiger partial charge < -0.3 is 39.1 Å². The van der Waals surface area contributed by atoms with Gasteiger partial charge in [0, 0.05) is 11.4 Å². The molecule has 0 aliphatic carbocycles. The van der Waals surface area contributed by atoms with Crippen LogP contribution in [0.2, 0.25) is 0 Å². The number of rotatable bonds is 13. The van der Waals surface area contributed by atoms with Crippen LogP contribution < -0.4 is 20.1 Å². The Balaban J connectivity index is 1.41. The van der Waals surface area contributed by atoms with Crippen LogP contribution in [-0.4, -0.2) is 134 Å². The van der Waals surface area contributed by atoms with Gasteiger partial charge in [0.1, 0.15) is 46.9 Å². The number of anilines is 1. The monoisotopic (exact) mass is 939 g/mol. The van der Waals surface area contributed by atoms with Crippen molar-refractivity contribution in [2.24, 2.45) is 12.2 Å². The molecule has 1 aromatic carbocycles. The number of carbonyl (C=O) groups is 5. The molecule has 64 heavy (non-hydrogen) atoms. The van der Waals surface area contributed by atoms with Gasteiger partial charge >= 0.3 is 28.6 Å². The smallest absolute Gasteiger partial charge is 0.418 e. The Hall–Kier alpha value is -5.63. The molecule has 0 radical (unpaired) electrons. The lowest BCUT2D eigenvalue weighted by atomic mass is 9.84. The number of benzene rings is 1. The second-order valence-electron chi connectivity index (χ2n) is 18.5. The summed E-state index contributed by atoms with van der Waals surface area (Å²) in [5.41, 5.74) is -4.10. The number of aromatic nitrogens is 3. The number of thiazole rings is 1. The molecular formula is C39H55N8O15S2+. The molecule has 25 heteroatoms. The van der Waals surface area contributed by atoms with Gasteiger partial charge in [0.25, 0.3) is 17.9 Å². The number of aliphatic hydroxyl groups is 1. The number of aryl methyl sites for hydroxylation is 1. The van der Waals surface area contributed by atoms with E-state index in [0.717, 1.165) is 16.9 Å². The van der Waals surface area contributed by atoms with Gasteiger partial charge in [0.2, 0.25) is 5.52 Å². The zero-order chi connectivity index (χ0) is 47.9. The number of hydrogen-bond donors (Lipinski definition) is 4. The van der Waals surface area contributed by atoms with Crippen LogP contribution in [-0.2, 0) is 55.2 Å². The molecule has 3 aromatic rings. The maximum atomic E-state index is 13.9. The number of hydrogen-bond acceptors (Lipinski definition) is 17. The van der Waals surface area contributed by atoms with Crippen LogP contribution in [0.15, 0.2) is 34.9 Å². The molecule has 2 aliphatic rings. The van der Waals surface area contributed by atoms with Crippen molar-refractivity contribution in [2.45, 2.75) is 123 Å². The molecule has 2 unspecified atom stereocenters. The number of ether oxygens (including phenoxy) is 4. The molecule has 0 bridgehead atoms. The van der Waals surface area contributed by atoms with Crippen LogP contribution in [0.25, 0.3) is 10.9 Å². The first-order chi connectivity index (χ1) is 29.3. The van der Waals surface area contributed by atoms with E-state index in [1.807, 2.05) is 9.36 Å². The number of esters is 1. The van der Waals surface area contributed by atoms with Crippen LogP contribution in [0.3, 0.4) is 0 Å². The summed E-state index contributed by atoms with van der Waals surface area (Å²) in [6, 6.07) is 3.17. The Morgan fingerprint density at radius 1 is 1.02 bits per heavy atom. The molecule has 4 atom stereocenters. The van der Waals surface area contributed by atoms with Crippen LogP contribution in [0.4, 0.5) is 14.7 Å². The number of oxime groups is 1. The normalized spacial score (nSPS) is 19.8. The van der Waals surface area contributed by atoms with Gasteiger partial charge in [0.05, 0.1) is 36.3 Å². The topological polar surface area (TPSA) is 280 Å². The zero-order valence-electron chi connectivity index (χ0n) is 37.5. The zero-order valence-corrected chi connectivity index (χ0v) is 39.2. The van der Waals surface area contributed by atoms with Gasteiger partial charge in [-0.2, -0.15) is 18.2 Å². The predicted molar refractivity (Wildman–Crippen MR) is 226 cm³/mol. The number of likely N-dealkylation sites (tertiary alicyclic amines) is 1. The summed E-state index contributed by atoms with van der Waals surface area (Å²) in [6.07, 6.45) is -2.10. The summed E-state index contributed by atoms with van der Waals surface area (Å²) in [7, 11) is -3.30. The molecule has 0 saturated carbocycles. The minimum atomic E-state index is -5.10. The Bertz CT molecular complexity index is 2430. The van der Waals surface area contributed by atoms with E-state index >= 15 is 0 Å². The number of hydroxylamine groups is 2. The third-order valence-corrected chi connectivity index (χ3v) is 10.3. The highest BCUT2D eigenvalue weighted by atomic mass is 32.3. The average Bonchev–Trinajstić information content (AvgIpc) is 3.84. The average molecular weight is 940 g/mol. The molecule has 352 valence electrons. The second-order valence-corrected chi connectivity index (χ2v) is 20.4. The SMILES string of the molecule is C[n+]1c2ccc(OCC(ON=C(C(=O)NC3C(=O)N(OS(=O)(=O)O)C3(C)C)c3csc(NC(=O)OC(C)(C)C)n3)C(=O)OC(C)(C)C)cc2cn1[C@@H]1CN(C(=O)OC(C)(C)C)C[C@@H]1O. The standard InChI is InChI=1S/C39H54N8O15S2/c1-36(2,3)58-32(51)27(19-57-22-13-14-24-21(15-22)16-46(44(24)12)25-17-45(18-26(25)48)35(53)60-38(7,8)9)61-43-28(23-20-63-33(40-23)42-34(52)59-37(4,5)6)30(49)41-29-31(50)47(39(29,10)11)62-64(54,55)56/h13-16,20,25-27,29,48H,17-19H2,1-12H3,(H2-,40,41,42,49,52,54,55,56)/p+1/t25-,26+,27?,29?/m1/s1. The van der Waals surface area contributed by atoms with Gasteiger partial charge in [-0.1, -0.05) is 5.16 Å². The first kappa shape index (κ1) is 49.4. The first-order valence-corrected chi connectivity index (χ1v) is 22.1. The number of nitrogens with one attached hydrogen (secondary N) is 2. The first-order valence-electron chi connectivity index (χ1n) is 19.9. The van der Waals surface area contributed by atoms with E-state index in [4.69, 9.17) is 28.3 Å². The van der Waals surface area contributed by atoms with Crippen molar-refractivity contribution in [3.63, 3.8) is 0 Å². The molecule has 2 aromatic heterocycles. The minimum absolute atomic E-state index is 0.0232. The van der Waals surface area contributed by atoms with Gasteiger partial charge in [-0.05, 0) is 88.3 Å². The molecule has 4 heterocycles. The number of β-lactam (4-membered cyclic amide) rings is 1. The molecule has 2 fully saturated rings. The van der Waals surface area contributed by atoms with Crippen LogP contribution in [0.1, 0.15) is 87.9 Å². The lowest BCUT2D eigenvalue weighted by molar-refractivity contribution is -0.733. The lowest BCUT2D eigenvalue weighted by Gasteiger charge is -2.50. The molecule has 0 spiro atoms. The van der Waals surface area contributed by atoms with E-state index in [2.05, 4.69) is 25.1 Å². The van der Waals surface area contributed by atoms with Gasteiger partial charge in [-0.3, -0.25) is 19.5 Å². The molecular weight excluding hydrogens is 885 g/mol. The minimum Gasteiger partial charge on any atom is -0.489 e. The van der Waals surface area contributed by atoms with Crippen molar-refractivity contribution in [3.8, 4) is 5.75 Å². The highest BCUT2D eigenvalue weighted by molar-refractivity contribution is 7.80. The van der Waals surface area contributed by atoms with Crippen molar-refractivity contribution >= 4 is 73.5 Å². The number of aliphatic hydroxyl groups excluding tert-OH is 1. The van der Waals surface area contributed by atoms with Crippen molar-refractivity contribution in [1.82, 2.24) is 24.9 Å². The Labute approximate surface area is 373 Å². The third kappa shape index (κ3) is 12.3. The number of nitrogens with zero attached hydrogens (tertiary/aromatic N) is 6. The van der Waals surface area contributed by atoms with Crippen molar-refractivity contribution in [3.05, 3.63) is 35.5 Å². The van der Waals surface area contributed by atoms with Crippen molar-refractivity contribution in [2.75, 3.05) is 25.0 Å². The van der Waals surface area contributed by atoms with E-state index in [9.17, 15) is 37.5 Å². The Morgan fingerprint density at radius 2 is 1.66 bits per heavy atom. The van der Waals surface area contributed by atoms with Gasteiger partial charge in [0.15, 0.2) is 17.9 Å². The molecule has 4 N–H and O–H groups in total. The summed E-state index contributed by atoms with van der Waals surface area (Å²) < 4.78 is 62.3. The van der Waals surface area contributed by atoms with Crippen LogP contribution in [0.5, 0.6) is 5.75 Å². The summed E-state index contributed by atoms with van der Waals surface area (Å²) in [6.45, 7) is 17.6. The number of β-amino-alcohol motifs (C(OH)–C–C–N with tert-alkyl or cyclic N) is 1. The van der Waals surface area contributed by atoms with E-state index in [-0.39, 0.29) is 29.7 Å². The fourth-order valence-electron chi connectivity index (χ4n) is 6.45. The summed E-state index contributed by atoms with van der Waals surface area (Å²) in [5, 5.41) is 22.2. The van der Waals surface area contributed by atoms with E-state index in [1.54, 1.807) is 93.8 Å². The molecule has 23 nitrogen and oxygen atoms in total. The van der Waals surface area contributed by atoms with Crippen molar-refractivity contribution in [1.29, 1.82) is 0 Å². The van der Waals surface area contributed by atoms with Crippen LogP contribution >= 0.6 is 11.3 Å². The van der Waals surface area contributed by atoms with Gasteiger partial charge in [-0.15, -0.1) is 20.3 Å². The number of fused-ring (bicyclic) bond motifs is 1. The summed E-state index contributed by atoms with van der Waals surface area (Å²) >= 11 is 0.880. The number of amides is 4. The van der Waals surface area contributed by atoms with E-state index < -0.39 is 99.3 Å². The summed E-state index contributed by atoms with van der Waals surface area (Å²) in [5.74, 6) is -2.77. The Morgan fingerprint density at radius 3 is 2.25 bits per heavy atom. The lowest BCUT2D eigenvalue weighted by Crippen LogP contribution is -2.76. The molecule has 4 amide bonds. The molecule has 2 aliphatic heterocycles. The maximum Gasteiger partial charge on any atom is 0.418 e. The van der Waals surface area contributed by atoms with E-state index in [1.165, 1.54) is 24.1 Å². The van der Waals surface area contributed by atoms with Crippen LogP contribution in [0, 0.1) is 0 Å². The fraction of sp³-hybridized carbons (Fsp3) is 0.590. The summed E-state index contributed by atoms with van der Waals surface area (Å²) in [4.78, 5) is 77.0.